The van der Waals surface area contributed by atoms with Gasteiger partial charge in [-0.25, -0.2) is 4.79 Å². The Kier molecular flexibility index (Phi) is 4.47. The molecule has 0 aromatic heterocycles. The molecule has 0 aliphatic heterocycles. The number of hydrogen-bond donors (Lipinski definition) is 2. The average molecular weight is 318 g/mol. The van der Waals surface area contributed by atoms with Crippen LogP contribution in [0.4, 0.5) is 0 Å². The normalized spacial score (nSPS) is 23.6. The molecule has 2 rings (SSSR count). The summed E-state index contributed by atoms with van der Waals surface area (Å²) in [6.07, 6.45) is 3.16. The van der Waals surface area contributed by atoms with E-state index in [1.807, 2.05) is 13.8 Å². The molecule has 1 aromatic rings. The van der Waals surface area contributed by atoms with Gasteiger partial charge in [0.25, 0.3) is 0 Å². The maximum atomic E-state index is 11.7. The van der Waals surface area contributed by atoms with E-state index < -0.39 is 11.6 Å². The molecule has 1 aliphatic carbocycles. The van der Waals surface area contributed by atoms with E-state index >= 15 is 0 Å². The summed E-state index contributed by atoms with van der Waals surface area (Å²) < 4.78 is 6.17. The fraction of sp³-hybridized carbons (Fsp3) is 0.526. The van der Waals surface area contributed by atoms with Crippen LogP contribution in [0.3, 0.4) is 0 Å². The number of ether oxygens (including phenoxy) is 1. The molecule has 4 nitrogen and oxygen atoms in total. The van der Waals surface area contributed by atoms with Gasteiger partial charge in [0.2, 0.25) is 0 Å². The third kappa shape index (κ3) is 3.52. The lowest BCUT2D eigenvalue weighted by Crippen LogP contribution is -2.43. The lowest BCUT2D eigenvalue weighted by molar-refractivity contribution is 0.0415. The van der Waals surface area contributed by atoms with Crippen molar-refractivity contribution >= 4 is 5.97 Å². The van der Waals surface area contributed by atoms with Crippen LogP contribution in [0.2, 0.25) is 0 Å². The average Bonchev–Trinajstić information content (AvgIpc) is 2.41. The predicted molar refractivity (Wildman–Crippen MR) is 90.2 cm³/mol. The second kappa shape index (κ2) is 5.91. The summed E-state index contributed by atoms with van der Waals surface area (Å²) in [6, 6.07) is 2.88. The van der Waals surface area contributed by atoms with Crippen molar-refractivity contribution in [3.8, 4) is 11.5 Å². The minimum Gasteiger partial charge on any atom is -0.508 e. The predicted octanol–water partition coefficient (Wildman–Crippen LogP) is 4.56. The maximum Gasteiger partial charge on any atom is 0.339 e. The summed E-state index contributed by atoms with van der Waals surface area (Å²) in [4.78, 5) is 11.7. The lowest BCUT2D eigenvalue weighted by Gasteiger charge is -2.44. The van der Waals surface area contributed by atoms with Crippen molar-refractivity contribution in [3.63, 3.8) is 0 Å². The zero-order valence-electron chi connectivity index (χ0n) is 14.4. The van der Waals surface area contributed by atoms with Crippen molar-refractivity contribution < 1.29 is 19.7 Å². The minimum absolute atomic E-state index is 0.0196. The quantitative estimate of drug-likeness (QED) is 0.799. The number of rotatable bonds is 4. The van der Waals surface area contributed by atoms with Gasteiger partial charge in [-0.05, 0) is 55.2 Å². The first-order valence-corrected chi connectivity index (χ1v) is 8.04. The number of carbonyl (C=O) groups is 1. The molecule has 1 aliphatic rings. The van der Waals surface area contributed by atoms with Crippen molar-refractivity contribution in [2.45, 2.75) is 59.0 Å². The largest absolute Gasteiger partial charge is 0.508 e. The first-order chi connectivity index (χ1) is 10.6. The van der Waals surface area contributed by atoms with Gasteiger partial charge in [0.05, 0.1) is 0 Å². The second-order valence-electron chi connectivity index (χ2n) is 7.41. The number of aromatic hydroxyl groups is 1. The molecule has 2 N–H and O–H groups in total. The molecule has 0 spiro atoms. The minimum atomic E-state index is -1.04. The Bertz CT molecular complexity index is 645. The summed E-state index contributed by atoms with van der Waals surface area (Å²) >= 11 is 0. The van der Waals surface area contributed by atoms with E-state index in [-0.39, 0.29) is 22.5 Å². The Balaban J connectivity index is 2.48. The van der Waals surface area contributed by atoms with E-state index in [4.69, 9.17) is 4.74 Å². The number of benzene rings is 1. The summed E-state index contributed by atoms with van der Waals surface area (Å²) in [5, 5.41) is 19.5. The Morgan fingerprint density at radius 1 is 1.35 bits per heavy atom. The summed E-state index contributed by atoms with van der Waals surface area (Å²) in [7, 11) is 0. The van der Waals surface area contributed by atoms with Crippen LogP contribution in [0.5, 0.6) is 11.5 Å². The van der Waals surface area contributed by atoms with E-state index in [1.165, 1.54) is 12.1 Å². The third-order valence-electron chi connectivity index (χ3n) is 4.77. The van der Waals surface area contributed by atoms with Crippen molar-refractivity contribution in [3.05, 3.63) is 35.4 Å². The molecule has 1 saturated carbocycles. The Labute approximate surface area is 137 Å². The van der Waals surface area contributed by atoms with Gasteiger partial charge < -0.3 is 14.9 Å². The molecule has 0 saturated heterocycles. The third-order valence-corrected chi connectivity index (χ3v) is 4.77. The molecule has 0 heterocycles. The van der Waals surface area contributed by atoms with E-state index in [9.17, 15) is 15.0 Å². The summed E-state index contributed by atoms with van der Waals surface area (Å²) in [6.45, 7) is 12.3. The standard InChI is InChI=1S/C19H26O4/c1-6-13-9-14(20)10-15(16(13)17(21)22)23-19(5)11-18(3,4)8-7-12(19)2/h9-10,20H,2,6-8,11H2,1,3-5H3,(H,21,22). The van der Waals surface area contributed by atoms with Crippen LogP contribution in [-0.2, 0) is 6.42 Å². The van der Waals surface area contributed by atoms with Gasteiger partial charge in [0.1, 0.15) is 22.7 Å². The van der Waals surface area contributed by atoms with Crippen LogP contribution in [0.1, 0.15) is 62.9 Å². The molecular formula is C19H26O4. The number of hydrogen-bond acceptors (Lipinski definition) is 3. The smallest absolute Gasteiger partial charge is 0.339 e. The molecule has 0 amide bonds. The van der Waals surface area contributed by atoms with Crippen molar-refractivity contribution in [1.82, 2.24) is 0 Å². The number of aryl methyl sites for hydroxylation is 1. The highest BCUT2D eigenvalue weighted by Crippen LogP contribution is 2.46. The molecule has 1 atom stereocenters. The van der Waals surface area contributed by atoms with Gasteiger partial charge in [-0.3, -0.25) is 0 Å². The van der Waals surface area contributed by atoms with E-state index in [2.05, 4.69) is 20.4 Å². The van der Waals surface area contributed by atoms with Gasteiger partial charge in [-0.15, -0.1) is 0 Å². The monoisotopic (exact) mass is 318 g/mol. The SMILES string of the molecule is C=C1CCC(C)(C)CC1(C)Oc1cc(O)cc(CC)c1C(=O)O. The number of phenolic OH excluding ortho intramolecular Hbond substituents is 1. The fourth-order valence-electron chi connectivity index (χ4n) is 3.49. The molecule has 1 aromatic carbocycles. The highest BCUT2D eigenvalue weighted by molar-refractivity contribution is 5.93. The zero-order chi connectivity index (χ0) is 17.4. The lowest BCUT2D eigenvalue weighted by atomic mass is 9.68. The van der Waals surface area contributed by atoms with E-state index in [1.54, 1.807) is 0 Å². The number of aromatic carboxylic acids is 1. The van der Waals surface area contributed by atoms with Gasteiger partial charge in [-0.1, -0.05) is 27.4 Å². The highest BCUT2D eigenvalue weighted by Gasteiger charge is 2.41. The molecule has 0 radical (unpaired) electrons. The molecule has 1 fully saturated rings. The van der Waals surface area contributed by atoms with Crippen molar-refractivity contribution in [1.29, 1.82) is 0 Å². The summed E-state index contributed by atoms with van der Waals surface area (Å²) in [5.74, 6) is -0.803. The summed E-state index contributed by atoms with van der Waals surface area (Å²) in [5.41, 5.74) is 1.13. The van der Waals surface area contributed by atoms with Crippen molar-refractivity contribution in [2.24, 2.45) is 5.41 Å². The topological polar surface area (TPSA) is 66.8 Å². The maximum absolute atomic E-state index is 11.7. The van der Waals surface area contributed by atoms with E-state index in [0.717, 1.165) is 24.8 Å². The molecular weight excluding hydrogens is 292 g/mol. The number of phenols is 1. The zero-order valence-corrected chi connectivity index (χ0v) is 14.4. The first kappa shape index (κ1) is 17.4. The molecule has 1 unspecified atom stereocenters. The van der Waals surface area contributed by atoms with Crippen LogP contribution in [0, 0.1) is 5.41 Å². The van der Waals surface area contributed by atoms with Gasteiger partial charge in [0, 0.05) is 6.07 Å². The number of carboxylic acid groups (broad SMARTS) is 1. The molecule has 126 valence electrons. The van der Waals surface area contributed by atoms with Crippen molar-refractivity contribution in [2.75, 3.05) is 0 Å². The van der Waals surface area contributed by atoms with Gasteiger partial charge in [0.15, 0.2) is 0 Å². The Hall–Kier alpha value is -1.97. The van der Waals surface area contributed by atoms with Crippen LogP contribution in [0.15, 0.2) is 24.3 Å². The Morgan fingerprint density at radius 2 is 2.00 bits per heavy atom. The van der Waals surface area contributed by atoms with Gasteiger partial charge in [-0.2, -0.15) is 0 Å². The van der Waals surface area contributed by atoms with Crippen LogP contribution in [0.25, 0.3) is 0 Å². The van der Waals surface area contributed by atoms with Crippen LogP contribution < -0.4 is 4.74 Å². The van der Waals surface area contributed by atoms with E-state index in [0.29, 0.717) is 12.0 Å². The van der Waals surface area contributed by atoms with Crippen LogP contribution in [-0.4, -0.2) is 21.8 Å². The number of carboxylic acids is 1. The second-order valence-corrected chi connectivity index (χ2v) is 7.41. The first-order valence-electron chi connectivity index (χ1n) is 8.04. The Morgan fingerprint density at radius 3 is 2.57 bits per heavy atom. The van der Waals surface area contributed by atoms with Crippen LogP contribution >= 0.6 is 0 Å². The fourth-order valence-corrected chi connectivity index (χ4v) is 3.49. The molecule has 0 bridgehead atoms. The molecule has 4 heteroatoms. The van der Waals surface area contributed by atoms with Gasteiger partial charge >= 0.3 is 5.97 Å². The highest BCUT2D eigenvalue weighted by atomic mass is 16.5. The molecule has 23 heavy (non-hydrogen) atoms.